The first-order valence-electron chi connectivity index (χ1n) is 11.4. The molecule has 0 aromatic heterocycles. The molecular formula is C22H48AlCl. The minimum atomic E-state index is 0. The normalized spacial score (nSPS) is 10.7. The molecule has 0 aliphatic heterocycles. The first kappa shape index (κ1) is 27.0. The fourth-order valence-electron chi connectivity index (χ4n) is 3.51. The molecule has 0 bridgehead atoms. The van der Waals surface area contributed by atoms with E-state index in [1.54, 1.807) is 0 Å². The van der Waals surface area contributed by atoms with Gasteiger partial charge in [-0.15, -0.1) is 17.7 Å². The highest BCUT2D eigenvalue weighted by Crippen LogP contribution is 2.14. The third-order valence-corrected chi connectivity index (χ3v) is 5.91. The molecule has 0 heterocycles. The molecule has 146 valence electrons. The van der Waals surface area contributed by atoms with Crippen molar-refractivity contribution in [1.29, 1.82) is 0 Å². The van der Waals surface area contributed by atoms with Crippen molar-refractivity contribution in [3.63, 3.8) is 0 Å². The zero-order chi connectivity index (χ0) is 16.8. The van der Waals surface area contributed by atoms with Crippen LogP contribution in [0.25, 0.3) is 0 Å². The highest BCUT2D eigenvalue weighted by Gasteiger charge is 1.95. The van der Waals surface area contributed by atoms with Crippen LogP contribution in [0.15, 0.2) is 0 Å². The van der Waals surface area contributed by atoms with Gasteiger partial charge in [0.05, 0.1) is 0 Å². The average Bonchev–Trinajstić information content (AvgIpc) is 2.57. The highest BCUT2D eigenvalue weighted by molar-refractivity contribution is 6.08. The third-order valence-electron chi connectivity index (χ3n) is 5.21. The van der Waals surface area contributed by atoms with Gasteiger partial charge < -0.3 is 0 Å². The second kappa shape index (κ2) is 26.1. The lowest BCUT2D eigenvalue weighted by Crippen LogP contribution is -1.84. The maximum Gasteiger partial charge on any atom is 0.211 e. The zero-order valence-corrected chi connectivity index (χ0v) is 20.1. The van der Waals surface area contributed by atoms with Crippen molar-refractivity contribution in [3.8, 4) is 0 Å². The van der Waals surface area contributed by atoms with E-state index < -0.39 is 0 Å². The minimum absolute atomic E-state index is 0. The van der Waals surface area contributed by atoms with Gasteiger partial charge in [-0.25, -0.2) is 0 Å². The molecule has 0 saturated heterocycles. The number of halogens is 1. The standard InChI is InChI=1S/C22H45.Al.ClH.2H/c1-3-5-7-9-11-13-15-17-19-21-22-20-18-16-14-12-10-8-6-4-2;;;;/h1,3-22H2,2H3;;1H;;. The van der Waals surface area contributed by atoms with E-state index in [-0.39, 0.29) is 12.4 Å². The van der Waals surface area contributed by atoms with Crippen molar-refractivity contribution in [2.24, 2.45) is 0 Å². The molecular weight excluding hydrogens is 327 g/mol. The van der Waals surface area contributed by atoms with Crippen LogP contribution in [0.1, 0.15) is 135 Å². The Kier molecular flexibility index (Phi) is 29.4. The van der Waals surface area contributed by atoms with Gasteiger partial charge in [0.15, 0.2) is 0 Å². The van der Waals surface area contributed by atoms with Crippen molar-refractivity contribution in [2.45, 2.75) is 141 Å². The van der Waals surface area contributed by atoms with Crippen LogP contribution in [0.3, 0.4) is 0 Å². The molecule has 0 amide bonds. The van der Waals surface area contributed by atoms with E-state index in [1.807, 2.05) is 0 Å². The molecule has 2 heteroatoms. The van der Waals surface area contributed by atoms with Gasteiger partial charge in [-0.2, -0.15) is 0 Å². The number of hydrogen-bond donors (Lipinski definition) is 0. The van der Waals surface area contributed by atoms with E-state index in [0.717, 1.165) is 0 Å². The fraction of sp³-hybridized carbons (Fsp3) is 1.00. The van der Waals surface area contributed by atoms with E-state index in [1.165, 1.54) is 150 Å². The fourth-order valence-corrected chi connectivity index (χ4v) is 4.01. The number of rotatable bonds is 20. The molecule has 24 heavy (non-hydrogen) atoms. The van der Waals surface area contributed by atoms with E-state index in [4.69, 9.17) is 0 Å². The van der Waals surface area contributed by atoms with E-state index in [2.05, 4.69) is 6.92 Å². The summed E-state index contributed by atoms with van der Waals surface area (Å²) < 4.78 is 0. The van der Waals surface area contributed by atoms with E-state index >= 15 is 0 Å². The second-order valence-electron chi connectivity index (χ2n) is 7.72. The number of hydrogen-bond acceptors (Lipinski definition) is 0. The summed E-state index contributed by atoms with van der Waals surface area (Å²) in [5.41, 5.74) is 0. The summed E-state index contributed by atoms with van der Waals surface area (Å²) in [5, 5.41) is 1.51. The predicted molar refractivity (Wildman–Crippen MR) is 119 cm³/mol. The molecule has 0 nitrogen and oxygen atoms in total. The van der Waals surface area contributed by atoms with Crippen LogP contribution in [-0.2, 0) is 0 Å². The average molecular weight is 375 g/mol. The molecule has 0 saturated carbocycles. The van der Waals surface area contributed by atoms with Crippen molar-refractivity contribution in [1.82, 2.24) is 0 Å². The second-order valence-corrected chi connectivity index (χ2v) is 8.72. The van der Waals surface area contributed by atoms with Crippen LogP contribution in [0.2, 0.25) is 5.28 Å². The smallest absolute Gasteiger partial charge is 0.147 e. The summed E-state index contributed by atoms with van der Waals surface area (Å²) in [6.07, 6.45) is 29.7. The summed E-state index contributed by atoms with van der Waals surface area (Å²) in [6.45, 7) is 2.30. The first-order valence-corrected chi connectivity index (χ1v) is 12.8. The minimum Gasteiger partial charge on any atom is -0.147 e. The van der Waals surface area contributed by atoms with Crippen LogP contribution in [0.5, 0.6) is 0 Å². The van der Waals surface area contributed by atoms with Gasteiger partial charge in [-0.3, -0.25) is 0 Å². The third kappa shape index (κ3) is 25.1. The Hall–Kier alpha value is 0.822. The predicted octanol–water partition coefficient (Wildman–Crippen LogP) is 8.28. The SMILES string of the molecule is CCCCCCCCCCCCCCCCCCCCC[CH2][AlH2].Cl. The monoisotopic (exact) mass is 374 g/mol. The molecule has 0 atom stereocenters. The summed E-state index contributed by atoms with van der Waals surface area (Å²) in [5.74, 6) is 0. The largest absolute Gasteiger partial charge is 0.211 e. The quantitative estimate of drug-likeness (QED) is 0.148. The molecule has 0 aromatic rings. The Morgan fingerprint density at radius 3 is 0.792 bits per heavy atom. The highest BCUT2D eigenvalue weighted by atomic mass is 35.5. The van der Waals surface area contributed by atoms with Gasteiger partial charge >= 0.3 is 0 Å². The van der Waals surface area contributed by atoms with Gasteiger partial charge in [0, 0.05) is 0 Å². The molecule has 0 aliphatic rings. The Bertz CT molecular complexity index is 176. The van der Waals surface area contributed by atoms with Crippen molar-refractivity contribution >= 4 is 28.7 Å². The van der Waals surface area contributed by atoms with Crippen molar-refractivity contribution in [3.05, 3.63) is 0 Å². The van der Waals surface area contributed by atoms with Gasteiger partial charge in [-0.1, -0.05) is 135 Å². The molecule has 0 aliphatic carbocycles. The van der Waals surface area contributed by atoms with Crippen LogP contribution >= 0.6 is 12.4 Å². The van der Waals surface area contributed by atoms with Gasteiger partial charge in [0.25, 0.3) is 0 Å². The molecule has 0 fully saturated rings. The first-order chi connectivity index (χ1) is 11.4. The summed E-state index contributed by atoms with van der Waals surface area (Å²) >= 11 is 1.41. The molecule has 0 unspecified atom stereocenters. The Balaban J connectivity index is 0. The molecule has 0 N–H and O–H groups in total. The zero-order valence-electron chi connectivity index (χ0n) is 17.3. The number of unbranched alkanes of at least 4 members (excludes halogenated alkanes) is 19. The lowest BCUT2D eigenvalue weighted by molar-refractivity contribution is 0.523. The molecule has 0 radical (unpaired) electrons. The Morgan fingerprint density at radius 2 is 0.583 bits per heavy atom. The van der Waals surface area contributed by atoms with Gasteiger partial charge in [0.1, 0.15) is 0 Å². The van der Waals surface area contributed by atoms with Crippen LogP contribution in [0, 0.1) is 0 Å². The van der Waals surface area contributed by atoms with Crippen molar-refractivity contribution < 1.29 is 0 Å². The summed E-state index contributed by atoms with van der Waals surface area (Å²) in [7, 11) is 0. The lowest BCUT2D eigenvalue weighted by atomic mass is 10.0. The molecule has 0 aromatic carbocycles. The van der Waals surface area contributed by atoms with E-state index in [0.29, 0.717) is 0 Å². The van der Waals surface area contributed by atoms with Crippen molar-refractivity contribution in [2.75, 3.05) is 0 Å². The molecule has 0 rings (SSSR count). The van der Waals surface area contributed by atoms with Crippen LogP contribution < -0.4 is 0 Å². The lowest BCUT2D eigenvalue weighted by Gasteiger charge is -2.04. The van der Waals surface area contributed by atoms with Gasteiger partial charge in [-0.05, 0) is 0 Å². The summed E-state index contributed by atoms with van der Waals surface area (Å²) in [6, 6.07) is 0. The Morgan fingerprint density at radius 1 is 0.375 bits per heavy atom. The van der Waals surface area contributed by atoms with E-state index in [9.17, 15) is 0 Å². The van der Waals surface area contributed by atoms with Crippen LogP contribution in [0.4, 0.5) is 0 Å². The summed E-state index contributed by atoms with van der Waals surface area (Å²) in [4.78, 5) is 0. The maximum absolute atomic E-state index is 2.30. The van der Waals surface area contributed by atoms with Crippen LogP contribution in [-0.4, -0.2) is 16.3 Å². The Labute approximate surface area is 169 Å². The maximum atomic E-state index is 2.30. The van der Waals surface area contributed by atoms with Gasteiger partial charge in [0.2, 0.25) is 16.3 Å². The topological polar surface area (TPSA) is 0 Å². The molecule has 0 spiro atoms.